The van der Waals surface area contributed by atoms with Crippen molar-refractivity contribution >= 4 is 29.0 Å². The predicted molar refractivity (Wildman–Crippen MR) is 75.2 cm³/mol. The van der Waals surface area contributed by atoms with Crippen molar-refractivity contribution in [1.29, 1.82) is 5.26 Å². The van der Waals surface area contributed by atoms with Crippen molar-refractivity contribution in [3.8, 4) is 6.07 Å². The van der Waals surface area contributed by atoms with E-state index >= 15 is 0 Å². The maximum atomic E-state index is 8.91. The van der Waals surface area contributed by atoms with E-state index in [1.165, 1.54) is 0 Å². The van der Waals surface area contributed by atoms with Gasteiger partial charge in [0.25, 0.3) is 0 Å². The molecular weight excluding hydrogens is 283 g/mol. The van der Waals surface area contributed by atoms with E-state index in [1.54, 1.807) is 19.1 Å². The van der Waals surface area contributed by atoms with Gasteiger partial charge in [0.05, 0.1) is 5.69 Å². The zero-order valence-corrected chi connectivity index (χ0v) is 11.6. The number of hydrogen-bond donors (Lipinski definition) is 1. The van der Waals surface area contributed by atoms with Crippen molar-refractivity contribution in [2.45, 2.75) is 13.3 Å². The van der Waals surface area contributed by atoms with Gasteiger partial charge >= 0.3 is 0 Å². The van der Waals surface area contributed by atoms with Crippen LogP contribution in [0.3, 0.4) is 0 Å². The SMILES string of the molecule is Cc1nc(Cc2ccc(Cl)cc2Cl)nc(N)c1C#N. The topological polar surface area (TPSA) is 75.6 Å². The van der Waals surface area contributed by atoms with E-state index in [9.17, 15) is 0 Å². The summed E-state index contributed by atoms with van der Waals surface area (Å²) in [5.41, 5.74) is 7.45. The van der Waals surface area contributed by atoms with Crippen LogP contribution in [0.2, 0.25) is 10.0 Å². The Bertz CT molecular complexity index is 654. The van der Waals surface area contributed by atoms with Crippen molar-refractivity contribution in [2.24, 2.45) is 0 Å². The van der Waals surface area contributed by atoms with Crippen molar-refractivity contribution in [1.82, 2.24) is 9.97 Å². The van der Waals surface area contributed by atoms with Crippen LogP contribution in [0.15, 0.2) is 18.2 Å². The number of nitrogens with zero attached hydrogens (tertiary/aromatic N) is 3. The summed E-state index contributed by atoms with van der Waals surface area (Å²) in [7, 11) is 0. The summed E-state index contributed by atoms with van der Waals surface area (Å²) in [6.45, 7) is 1.73. The van der Waals surface area contributed by atoms with Crippen LogP contribution in [-0.4, -0.2) is 9.97 Å². The lowest BCUT2D eigenvalue weighted by atomic mass is 10.1. The summed E-state index contributed by atoms with van der Waals surface area (Å²) in [4.78, 5) is 8.37. The highest BCUT2D eigenvalue weighted by molar-refractivity contribution is 6.35. The monoisotopic (exact) mass is 292 g/mol. The summed E-state index contributed by atoms with van der Waals surface area (Å²) < 4.78 is 0. The Morgan fingerprint density at radius 2 is 2.05 bits per heavy atom. The highest BCUT2D eigenvalue weighted by atomic mass is 35.5. The number of nitrogen functional groups attached to an aromatic ring is 1. The van der Waals surface area contributed by atoms with Gasteiger partial charge in [0.1, 0.15) is 23.3 Å². The van der Waals surface area contributed by atoms with Gasteiger partial charge in [-0.05, 0) is 24.6 Å². The quantitative estimate of drug-likeness (QED) is 0.922. The third-order valence-corrected chi connectivity index (χ3v) is 3.23. The maximum absolute atomic E-state index is 8.91. The van der Waals surface area contributed by atoms with Crippen molar-refractivity contribution in [2.75, 3.05) is 5.73 Å². The van der Waals surface area contributed by atoms with Gasteiger partial charge in [-0.2, -0.15) is 5.26 Å². The Labute approximate surface area is 120 Å². The normalized spacial score (nSPS) is 10.2. The zero-order chi connectivity index (χ0) is 14.0. The van der Waals surface area contributed by atoms with Gasteiger partial charge in [0.2, 0.25) is 0 Å². The van der Waals surface area contributed by atoms with Gasteiger partial charge in [-0.3, -0.25) is 0 Å². The molecule has 0 radical (unpaired) electrons. The Balaban J connectivity index is 2.37. The molecule has 0 unspecified atom stereocenters. The molecule has 6 heteroatoms. The Kier molecular flexibility index (Phi) is 3.89. The first-order chi connectivity index (χ1) is 9.01. The molecule has 4 nitrogen and oxygen atoms in total. The van der Waals surface area contributed by atoms with E-state index in [1.807, 2.05) is 12.1 Å². The maximum Gasteiger partial charge on any atom is 0.145 e. The summed E-state index contributed by atoms with van der Waals surface area (Å²) in [5, 5.41) is 10.0. The van der Waals surface area contributed by atoms with Gasteiger partial charge in [-0.1, -0.05) is 29.3 Å². The van der Waals surface area contributed by atoms with Gasteiger partial charge < -0.3 is 5.73 Å². The lowest BCUT2D eigenvalue weighted by Crippen LogP contribution is -2.06. The Hall–Kier alpha value is -1.83. The minimum absolute atomic E-state index is 0.190. The Morgan fingerprint density at radius 3 is 2.63 bits per heavy atom. The van der Waals surface area contributed by atoms with Crippen LogP contribution < -0.4 is 5.73 Å². The number of rotatable bonds is 2. The number of benzene rings is 1. The minimum atomic E-state index is 0.190. The van der Waals surface area contributed by atoms with E-state index in [2.05, 4.69) is 9.97 Å². The van der Waals surface area contributed by atoms with Crippen molar-refractivity contribution < 1.29 is 0 Å². The first-order valence-corrected chi connectivity index (χ1v) is 6.24. The fourth-order valence-corrected chi connectivity index (χ4v) is 2.18. The standard InChI is InChI=1S/C13H10Cl2N4/c1-7-10(6-16)13(17)19-12(18-7)4-8-2-3-9(14)5-11(8)15/h2-3,5H,4H2,1H3,(H2,17,18,19). The molecule has 2 N–H and O–H groups in total. The molecule has 19 heavy (non-hydrogen) atoms. The predicted octanol–water partition coefficient (Wildman–Crippen LogP) is 3.14. The molecule has 0 atom stereocenters. The third-order valence-electron chi connectivity index (χ3n) is 2.64. The molecule has 1 aromatic carbocycles. The molecule has 0 fully saturated rings. The zero-order valence-electron chi connectivity index (χ0n) is 10.1. The van der Waals surface area contributed by atoms with E-state index in [-0.39, 0.29) is 5.82 Å². The highest BCUT2D eigenvalue weighted by Crippen LogP contribution is 2.23. The second kappa shape index (κ2) is 5.43. The second-order valence-corrected chi connectivity index (χ2v) is 4.85. The number of aromatic nitrogens is 2. The Morgan fingerprint density at radius 1 is 1.32 bits per heavy atom. The molecule has 0 saturated carbocycles. The molecule has 96 valence electrons. The van der Waals surface area contributed by atoms with Crippen LogP contribution in [0.5, 0.6) is 0 Å². The second-order valence-electron chi connectivity index (χ2n) is 4.01. The van der Waals surface area contributed by atoms with E-state index < -0.39 is 0 Å². The molecule has 0 amide bonds. The van der Waals surface area contributed by atoms with E-state index in [0.29, 0.717) is 33.5 Å². The van der Waals surface area contributed by atoms with Crippen LogP contribution in [0, 0.1) is 18.3 Å². The van der Waals surface area contributed by atoms with Crippen LogP contribution in [0.4, 0.5) is 5.82 Å². The number of aryl methyl sites for hydroxylation is 1. The number of anilines is 1. The van der Waals surface area contributed by atoms with Crippen LogP contribution in [0.25, 0.3) is 0 Å². The molecule has 0 spiro atoms. The van der Waals surface area contributed by atoms with Gasteiger partial charge in [0.15, 0.2) is 0 Å². The summed E-state index contributed by atoms with van der Waals surface area (Å²) in [5.74, 6) is 0.716. The molecule has 2 aromatic rings. The molecule has 0 saturated heterocycles. The molecule has 0 aliphatic heterocycles. The fourth-order valence-electron chi connectivity index (χ4n) is 1.71. The molecule has 1 aromatic heterocycles. The average molecular weight is 293 g/mol. The van der Waals surface area contributed by atoms with Gasteiger partial charge in [-0.25, -0.2) is 9.97 Å². The van der Waals surface area contributed by atoms with Crippen LogP contribution >= 0.6 is 23.2 Å². The van der Waals surface area contributed by atoms with E-state index in [4.69, 9.17) is 34.2 Å². The largest absolute Gasteiger partial charge is 0.382 e. The molecular formula is C13H10Cl2N4. The number of hydrogen-bond acceptors (Lipinski definition) is 4. The molecule has 0 bridgehead atoms. The molecule has 2 rings (SSSR count). The van der Waals surface area contributed by atoms with Crippen LogP contribution in [-0.2, 0) is 6.42 Å². The summed E-state index contributed by atoms with van der Waals surface area (Å²) in [6, 6.07) is 7.21. The minimum Gasteiger partial charge on any atom is -0.382 e. The summed E-state index contributed by atoms with van der Waals surface area (Å²) in [6.07, 6.45) is 0.437. The molecule has 1 heterocycles. The van der Waals surface area contributed by atoms with Crippen LogP contribution in [0.1, 0.15) is 22.6 Å². The first kappa shape index (κ1) is 13.6. The first-order valence-electron chi connectivity index (χ1n) is 5.48. The summed E-state index contributed by atoms with van der Waals surface area (Å²) >= 11 is 11.9. The number of halogens is 2. The van der Waals surface area contributed by atoms with Crippen molar-refractivity contribution in [3.05, 3.63) is 50.9 Å². The highest BCUT2D eigenvalue weighted by Gasteiger charge is 2.10. The average Bonchev–Trinajstić information content (AvgIpc) is 2.32. The van der Waals surface area contributed by atoms with Gasteiger partial charge in [-0.15, -0.1) is 0 Å². The number of nitrogens with two attached hydrogens (primary N) is 1. The lowest BCUT2D eigenvalue weighted by Gasteiger charge is -2.07. The lowest BCUT2D eigenvalue weighted by molar-refractivity contribution is 0.943. The van der Waals surface area contributed by atoms with Crippen molar-refractivity contribution in [3.63, 3.8) is 0 Å². The van der Waals surface area contributed by atoms with E-state index in [0.717, 1.165) is 5.56 Å². The molecule has 0 aliphatic rings. The molecule has 0 aliphatic carbocycles. The smallest absolute Gasteiger partial charge is 0.145 e. The third kappa shape index (κ3) is 2.95. The van der Waals surface area contributed by atoms with Gasteiger partial charge in [0, 0.05) is 16.5 Å². The fraction of sp³-hybridized carbons (Fsp3) is 0.154. The number of nitriles is 1.